The summed E-state index contributed by atoms with van der Waals surface area (Å²) in [5.41, 5.74) is 1.65. The summed E-state index contributed by atoms with van der Waals surface area (Å²) < 4.78 is 11.7. The van der Waals surface area contributed by atoms with Gasteiger partial charge in [0.05, 0.1) is 29.6 Å². The molecule has 1 unspecified atom stereocenters. The van der Waals surface area contributed by atoms with Crippen LogP contribution in [0, 0.1) is 5.92 Å². The van der Waals surface area contributed by atoms with Crippen LogP contribution in [-0.4, -0.2) is 51.5 Å². The van der Waals surface area contributed by atoms with Crippen LogP contribution in [0.2, 0.25) is 5.02 Å². The number of benzene rings is 1. The van der Waals surface area contributed by atoms with Crippen molar-refractivity contribution in [1.82, 2.24) is 18.7 Å². The Bertz CT molecular complexity index is 1170. The first-order valence-corrected chi connectivity index (χ1v) is 12.8. The summed E-state index contributed by atoms with van der Waals surface area (Å²) in [6, 6.07) is 10.7. The number of aromatic nitrogens is 3. The molecule has 2 saturated heterocycles. The minimum absolute atomic E-state index is 0.0696. The van der Waals surface area contributed by atoms with Gasteiger partial charge in [0.25, 0.3) is 5.56 Å². The van der Waals surface area contributed by atoms with Crippen LogP contribution < -0.4 is 10.9 Å². The number of fused-ring (bicyclic) bond motifs is 1. The number of rotatable bonds is 6. The second kappa shape index (κ2) is 10.1. The average molecular weight is 488 g/mol. The van der Waals surface area contributed by atoms with Gasteiger partial charge in [0.2, 0.25) is 0 Å². The van der Waals surface area contributed by atoms with E-state index in [4.69, 9.17) is 16.3 Å². The molecule has 2 aromatic heterocycles. The number of hydrogen-bond acceptors (Lipinski definition) is 6. The molecule has 1 atom stereocenters. The van der Waals surface area contributed by atoms with Crippen molar-refractivity contribution >= 4 is 40.1 Å². The van der Waals surface area contributed by atoms with Crippen molar-refractivity contribution in [1.29, 1.82) is 0 Å². The molecule has 2 aliphatic heterocycles. The zero-order chi connectivity index (χ0) is 22.8. The molecule has 7 nitrogen and oxygen atoms in total. The number of nitrogens with zero attached hydrogens (tertiary/aromatic N) is 4. The number of aryl methyl sites for hydroxylation is 1. The number of hydrogen-bond donors (Lipinski definition) is 1. The Morgan fingerprint density at radius 1 is 1.24 bits per heavy atom. The molecule has 0 amide bonds. The molecule has 0 spiro atoms. The minimum atomic E-state index is -0.207. The van der Waals surface area contributed by atoms with Crippen LogP contribution in [0.25, 0.3) is 10.9 Å². The second-order valence-electron chi connectivity index (χ2n) is 8.94. The van der Waals surface area contributed by atoms with Gasteiger partial charge in [-0.05, 0) is 55.7 Å². The molecule has 9 heteroatoms. The van der Waals surface area contributed by atoms with Crippen molar-refractivity contribution in [2.45, 2.75) is 36.8 Å². The zero-order valence-electron chi connectivity index (χ0n) is 18.9. The molecule has 0 saturated carbocycles. The summed E-state index contributed by atoms with van der Waals surface area (Å²) in [4.78, 5) is 12.9. The number of nitrogens with one attached hydrogen (secondary N) is 1. The molecule has 0 aliphatic carbocycles. The van der Waals surface area contributed by atoms with Gasteiger partial charge in [0.15, 0.2) is 0 Å². The lowest BCUT2D eigenvalue weighted by atomic mass is 10.0. The molecule has 2 aliphatic rings. The van der Waals surface area contributed by atoms with Gasteiger partial charge in [-0.3, -0.25) is 4.79 Å². The standard InChI is InChI=1S/C24H30ClN5O2S/c1-28-21-7-3-2-6-18(21)13-22(28)33-29-10-8-19(9-11-29)30-24(31)23(25)20(15-27-30)26-14-17-5-4-12-32-16-17/h2-3,6-7,13,15,17,19,26H,4-5,8-12,14,16H2,1H3. The maximum absolute atomic E-state index is 12.9. The van der Waals surface area contributed by atoms with E-state index in [1.165, 1.54) is 15.9 Å². The fourth-order valence-corrected chi connectivity index (χ4v) is 5.97. The normalized spacial score (nSPS) is 20.4. The van der Waals surface area contributed by atoms with E-state index in [0.29, 0.717) is 11.6 Å². The summed E-state index contributed by atoms with van der Waals surface area (Å²) in [7, 11) is 2.11. The lowest BCUT2D eigenvalue weighted by Crippen LogP contribution is -2.36. The third-order valence-electron chi connectivity index (χ3n) is 6.68. The van der Waals surface area contributed by atoms with Crippen LogP contribution in [-0.2, 0) is 11.8 Å². The highest BCUT2D eigenvalue weighted by molar-refractivity contribution is 7.97. The quantitative estimate of drug-likeness (QED) is 0.514. The number of piperidine rings is 1. The Morgan fingerprint density at radius 3 is 2.82 bits per heavy atom. The van der Waals surface area contributed by atoms with Crippen LogP contribution in [0.1, 0.15) is 31.7 Å². The van der Waals surface area contributed by atoms with Crippen LogP contribution in [0.3, 0.4) is 0 Å². The molecular weight excluding hydrogens is 458 g/mol. The summed E-state index contributed by atoms with van der Waals surface area (Å²) in [5, 5.41) is 10.5. The van der Waals surface area contributed by atoms with Gasteiger partial charge in [0, 0.05) is 44.2 Å². The van der Waals surface area contributed by atoms with E-state index in [0.717, 1.165) is 58.5 Å². The van der Waals surface area contributed by atoms with Crippen molar-refractivity contribution in [3.63, 3.8) is 0 Å². The molecule has 1 aromatic carbocycles. The second-order valence-corrected chi connectivity index (χ2v) is 10.4. The molecule has 3 aromatic rings. The SMILES string of the molecule is Cn1c(SN2CCC(n3ncc(NCC4CCCOC4)c(Cl)c3=O)CC2)cc2ccccc21. The molecule has 2 fully saturated rings. The van der Waals surface area contributed by atoms with E-state index in [2.05, 4.69) is 56.7 Å². The van der Waals surface area contributed by atoms with Crippen LogP contribution >= 0.6 is 23.5 Å². The van der Waals surface area contributed by atoms with Gasteiger partial charge in [-0.2, -0.15) is 5.10 Å². The van der Waals surface area contributed by atoms with Gasteiger partial charge in [0.1, 0.15) is 5.02 Å². The van der Waals surface area contributed by atoms with Crippen molar-refractivity contribution in [3.8, 4) is 0 Å². The topological polar surface area (TPSA) is 64.3 Å². The average Bonchev–Trinajstić information content (AvgIpc) is 3.16. The Balaban J connectivity index is 1.20. The van der Waals surface area contributed by atoms with Gasteiger partial charge in [-0.15, -0.1) is 0 Å². The molecule has 0 radical (unpaired) electrons. The van der Waals surface area contributed by atoms with Crippen LogP contribution in [0.4, 0.5) is 5.69 Å². The van der Waals surface area contributed by atoms with Gasteiger partial charge >= 0.3 is 0 Å². The Kier molecular flexibility index (Phi) is 6.97. The highest BCUT2D eigenvalue weighted by Crippen LogP contribution is 2.33. The molecule has 1 N–H and O–H groups in total. The molecule has 0 bridgehead atoms. The number of ether oxygens (including phenoxy) is 1. The summed E-state index contributed by atoms with van der Waals surface area (Å²) in [6.07, 6.45) is 5.64. The highest BCUT2D eigenvalue weighted by atomic mass is 35.5. The largest absolute Gasteiger partial charge is 0.382 e. The summed E-state index contributed by atoms with van der Waals surface area (Å²) in [5.74, 6) is 0.445. The lowest BCUT2D eigenvalue weighted by molar-refractivity contribution is 0.0595. The zero-order valence-corrected chi connectivity index (χ0v) is 20.4. The smallest absolute Gasteiger partial charge is 0.287 e. The number of halogens is 1. The maximum atomic E-state index is 12.9. The van der Waals surface area contributed by atoms with Crippen molar-refractivity contribution in [3.05, 3.63) is 51.9 Å². The van der Waals surface area contributed by atoms with Gasteiger partial charge in [-0.25, -0.2) is 8.99 Å². The maximum Gasteiger partial charge on any atom is 0.287 e. The first kappa shape index (κ1) is 22.8. The van der Waals surface area contributed by atoms with Crippen molar-refractivity contribution in [2.24, 2.45) is 13.0 Å². The molecular formula is C24H30ClN5O2S. The first-order valence-electron chi connectivity index (χ1n) is 11.7. The van der Waals surface area contributed by atoms with E-state index in [1.54, 1.807) is 22.8 Å². The fourth-order valence-electron chi connectivity index (χ4n) is 4.71. The van der Waals surface area contributed by atoms with Crippen molar-refractivity contribution < 1.29 is 4.74 Å². The first-order chi connectivity index (χ1) is 16.1. The lowest BCUT2D eigenvalue weighted by Gasteiger charge is -2.31. The number of para-hydroxylation sites is 1. The third-order valence-corrected chi connectivity index (χ3v) is 8.25. The predicted octanol–water partition coefficient (Wildman–Crippen LogP) is 4.57. The van der Waals surface area contributed by atoms with E-state index < -0.39 is 0 Å². The highest BCUT2D eigenvalue weighted by Gasteiger charge is 2.25. The van der Waals surface area contributed by atoms with Crippen LogP contribution in [0.5, 0.6) is 0 Å². The van der Waals surface area contributed by atoms with E-state index >= 15 is 0 Å². The predicted molar refractivity (Wildman–Crippen MR) is 134 cm³/mol. The summed E-state index contributed by atoms with van der Waals surface area (Å²) in [6.45, 7) is 4.13. The third kappa shape index (κ3) is 4.94. The van der Waals surface area contributed by atoms with Crippen molar-refractivity contribution in [2.75, 3.05) is 38.2 Å². The van der Waals surface area contributed by atoms with E-state index in [9.17, 15) is 4.79 Å². The minimum Gasteiger partial charge on any atom is -0.382 e. The monoisotopic (exact) mass is 487 g/mol. The fraction of sp³-hybridized carbons (Fsp3) is 0.500. The molecule has 176 valence electrons. The van der Waals surface area contributed by atoms with E-state index in [-0.39, 0.29) is 16.6 Å². The van der Waals surface area contributed by atoms with E-state index in [1.807, 2.05) is 0 Å². The number of anilines is 1. The summed E-state index contributed by atoms with van der Waals surface area (Å²) >= 11 is 8.23. The Hall–Kier alpha value is -2.00. The van der Waals surface area contributed by atoms with Gasteiger partial charge < -0.3 is 14.6 Å². The Labute approximate surface area is 203 Å². The Morgan fingerprint density at radius 2 is 2.06 bits per heavy atom. The molecule has 33 heavy (non-hydrogen) atoms. The molecule has 5 rings (SSSR count). The van der Waals surface area contributed by atoms with Gasteiger partial charge in [-0.1, -0.05) is 29.8 Å². The molecule has 4 heterocycles. The van der Waals surface area contributed by atoms with Crippen LogP contribution in [0.15, 0.2) is 46.3 Å².